The zero-order valence-electron chi connectivity index (χ0n) is 14.2. The number of methoxy groups -OCH3 is 1. The third kappa shape index (κ3) is 4.82. The summed E-state index contributed by atoms with van der Waals surface area (Å²) in [6.07, 6.45) is 0.942. The van der Waals surface area contributed by atoms with Crippen molar-refractivity contribution >= 4 is 17.8 Å². The van der Waals surface area contributed by atoms with Crippen molar-refractivity contribution in [1.82, 2.24) is 10.6 Å². The van der Waals surface area contributed by atoms with E-state index in [9.17, 15) is 4.79 Å². The van der Waals surface area contributed by atoms with Crippen LogP contribution in [0.25, 0.3) is 0 Å². The zero-order valence-corrected chi connectivity index (χ0v) is 15.0. The lowest BCUT2D eigenvalue weighted by molar-refractivity contribution is 0.232. The average molecular weight is 358 g/mol. The van der Waals surface area contributed by atoms with E-state index in [1.165, 1.54) is 10.5 Å². The molecule has 1 atom stereocenters. The smallest absolute Gasteiger partial charge is 0.315 e. The highest BCUT2D eigenvalue weighted by molar-refractivity contribution is 7.99. The molecule has 1 aliphatic heterocycles. The Morgan fingerprint density at radius 1 is 1.16 bits per heavy atom. The summed E-state index contributed by atoms with van der Waals surface area (Å²) in [7, 11) is 1.63. The fourth-order valence-electron chi connectivity index (χ4n) is 2.71. The van der Waals surface area contributed by atoms with Gasteiger partial charge < -0.3 is 20.1 Å². The van der Waals surface area contributed by atoms with Crippen LogP contribution in [0.4, 0.5) is 4.79 Å². The number of carbonyl (C=O) groups is 1. The van der Waals surface area contributed by atoms with E-state index in [-0.39, 0.29) is 12.1 Å². The average Bonchev–Trinajstić information content (AvgIpc) is 2.66. The van der Waals surface area contributed by atoms with Crippen molar-refractivity contribution in [3.05, 3.63) is 54.1 Å². The Balaban J connectivity index is 1.41. The first kappa shape index (κ1) is 17.5. The molecular formula is C19H22N2O3S. The molecule has 25 heavy (non-hydrogen) atoms. The molecule has 0 radical (unpaired) electrons. The van der Waals surface area contributed by atoms with E-state index in [4.69, 9.17) is 9.47 Å². The van der Waals surface area contributed by atoms with Crippen molar-refractivity contribution in [3.8, 4) is 11.5 Å². The second-order valence-corrected chi connectivity index (χ2v) is 6.79. The van der Waals surface area contributed by atoms with Crippen molar-refractivity contribution in [2.75, 3.05) is 26.0 Å². The van der Waals surface area contributed by atoms with Crippen LogP contribution >= 0.6 is 11.8 Å². The van der Waals surface area contributed by atoms with E-state index in [0.29, 0.717) is 13.2 Å². The van der Waals surface area contributed by atoms with Gasteiger partial charge in [0.15, 0.2) is 0 Å². The van der Waals surface area contributed by atoms with E-state index < -0.39 is 0 Å². The Hall–Kier alpha value is -2.34. The lowest BCUT2D eigenvalue weighted by atomic mass is 10.0. The zero-order chi connectivity index (χ0) is 17.5. The molecule has 132 valence electrons. The minimum atomic E-state index is -0.162. The molecule has 0 aliphatic carbocycles. The van der Waals surface area contributed by atoms with Crippen molar-refractivity contribution in [2.24, 2.45) is 0 Å². The van der Waals surface area contributed by atoms with Gasteiger partial charge in [0.2, 0.25) is 0 Å². The van der Waals surface area contributed by atoms with Crippen molar-refractivity contribution in [1.29, 1.82) is 0 Å². The van der Waals surface area contributed by atoms with E-state index in [1.807, 2.05) is 48.2 Å². The van der Waals surface area contributed by atoms with Gasteiger partial charge in [-0.3, -0.25) is 0 Å². The molecule has 0 aromatic heterocycles. The fourth-order valence-corrected chi connectivity index (χ4v) is 3.83. The number of hydrogen-bond acceptors (Lipinski definition) is 4. The molecule has 6 heteroatoms. The molecule has 0 bridgehead atoms. The van der Waals surface area contributed by atoms with E-state index in [1.54, 1.807) is 7.11 Å². The first-order valence-corrected chi connectivity index (χ1v) is 9.28. The molecule has 2 N–H and O–H groups in total. The van der Waals surface area contributed by atoms with Crippen LogP contribution < -0.4 is 20.1 Å². The molecule has 3 rings (SSSR count). The van der Waals surface area contributed by atoms with Crippen LogP contribution in [0.3, 0.4) is 0 Å². The van der Waals surface area contributed by atoms with Gasteiger partial charge in [-0.25, -0.2) is 4.79 Å². The highest BCUT2D eigenvalue weighted by atomic mass is 32.2. The van der Waals surface area contributed by atoms with Gasteiger partial charge in [-0.1, -0.05) is 18.2 Å². The van der Waals surface area contributed by atoms with Crippen LogP contribution in [0.2, 0.25) is 0 Å². The summed E-state index contributed by atoms with van der Waals surface area (Å²) in [5.41, 5.74) is 1.20. The molecule has 0 unspecified atom stereocenters. The number of amides is 2. The lowest BCUT2D eigenvalue weighted by Crippen LogP contribution is -2.40. The Labute approximate surface area is 152 Å². The summed E-state index contributed by atoms with van der Waals surface area (Å²) in [5, 5.41) is 5.90. The molecule has 2 aromatic rings. The number of rotatable bonds is 6. The molecule has 1 heterocycles. The second kappa shape index (κ2) is 8.67. The summed E-state index contributed by atoms with van der Waals surface area (Å²) in [6.45, 7) is 0.859. The Morgan fingerprint density at radius 2 is 1.92 bits per heavy atom. The Morgan fingerprint density at radius 3 is 2.72 bits per heavy atom. The maximum Gasteiger partial charge on any atom is 0.315 e. The topological polar surface area (TPSA) is 59.6 Å². The molecule has 2 aromatic carbocycles. The van der Waals surface area contributed by atoms with E-state index in [0.717, 1.165) is 23.7 Å². The van der Waals surface area contributed by atoms with Crippen LogP contribution in [0.5, 0.6) is 11.5 Å². The largest absolute Gasteiger partial charge is 0.497 e. The normalized spacial score (nSPS) is 15.8. The first-order valence-electron chi connectivity index (χ1n) is 8.29. The maximum atomic E-state index is 12.1. The van der Waals surface area contributed by atoms with Gasteiger partial charge in [0.05, 0.1) is 19.7 Å². The number of thioether (sulfide) groups is 1. The maximum absolute atomic E-state index is 12.1. The Bertz CT molecular complexity index is 706. The van der Waals surface area contributed by atoms with Gasteiger partial charge in [0, 0.05) is 10.6 Å². The molecule has 2 amide bonds. The first-order chi connectivity index (χ1) is 12.3. The number of hydrogen-bond donors (Lipinski definition) is 2. The fraction of sp³-hybridized carbons (Fsp3) is 0.316. The second-order valence-electron chi connectivity index (χ2n) is 5.65. The lowest BCUT2D eigenvalue weighted by Gasteiger charge is -2.25. The van der Waals surface area contributed by atoms with Gasteiger partial charge in [-0.2, -0.15) is 0 Å². The van der Waals surface area contributed by atoms with Crippen molar-refractivity contribution in [3.63, 3.8) is 0 Å². The number of fused-ring (bicyclic) bond motifs is 1. The molecule has 0 spiro atoms. The molecule has 0 saturated carbocycles. The molecular weight excluding hydrogens is 336 g/mol. The summed E-state index contributed by atoms with van der Waals surface area (Å²) >= 11 is 1.84. The number of carbonyl (C=O) groups excluding carboxylic acids is 1. The predicted molar refractivity (Wildman–Crippen MR) is 99.5 cm³/mol. The third-order valence-corrected chi connectivity index (χ3v) is 5.10. The van der Waals surface area contributed by atoms with Crippen LogP contribution in [0.15, 0.2) is 53.4 Å². The number of urea groups is 1. The van der Waals surface area contributed by atoms with E-state index in [2.05, 4.69) is 22.8 Å². The van der Waals surface area contributed by atoms with Crippen LogP contribution in [0.1, 0.15) is 18.0 Å². The molecule has 0 saturated heterocycles. The minimum Gasteiger partial charge on any atom is -0.497 e. The van der Waals surface area contributed by atoms with Gasteiger partial charge in [-0.15, -0.1) is 11.8 Å². The standard InChI is InChI=1S/C19H22N2O3S/c1-23-14-6-8-15(9-7-14)24-12-11-20-19(22)21-17-10-13-25-18-5-3-2-4-16(17)18/h2-9,17H,10-13H2,1H3,(H2,20,21,22)/t17-/m0/s1. The van der Waals surface area contributed by atoms with Crippen LogP contribution in [-0.4, -0.2) is 32.0 Å². The monoisotopic (exact) mass is 358 g/mol. The molecule has 5 nitrogen and oxygen atoms in total. The highest BCUT2D eigenvalue weighted by Crippen LogP contribution is 2.35. The molecule has 0 fully saturated rings. The van der Waals surface area contributed by atoms with Gasteiger partial charge >= 0.3 is 6.03 Å². The van der Waals surface area contributed by atoms with Gasteiger partial charge in [0.25, 0.3) is 0 Å². The third-order valence-electron chi connectivity index (χ3n) is 3.98. The summed E-state index contributed by atoms with van der Waals surface area (Å²) in [6, 6.07) is 15.5. The summed E-state index contributed by atoms with van der Waals surface area (Å²) < 4.78 is 10.7. The Kier molecular flexibility index (Phi) is 6.06. The SMILES string of the molecule is COc1ccc(OCCNC(=O)N[C@H]2CCSc3ccccc32)cc1. The minimum absolute atomic E-state index is 0.0694. The van der Waals surface area contributed by atoms with Crippen molar-refractivity contribution in [2.45, 2.75) is 17.4 Å². The number of ether oxygens (including phenoxy) is 2. The molecule has 1 aliphatic rings. The van der Waals surface area contributed by atoms with Crippen molar-refractivity contribution < 1.29 is 14.3 Å². The van der Waals surface area contributed by atoms with Gasteiger partial charge in [0.1, 0.15) is 18.1 Å². The predicted octanol–water partition coefficient (Wildman–Crippen LogP) is 3.61. The summed E-state index contributed by atoms with van der Waals surface area (Å²) in [4.78, 5) is 13.4. The summed E-state index contributed by atoms with van der Waals surface area (Å²) in [5.74, 6) is 2.56. The van der Waals surface area contributed by atoms with Gasteiger partial charge in [-0.05, 0) is 42.3 Å². The van der Waals surface area contributed by atoms with Crippen LogP contribution in [-0.2, 0) is 0 Å². The van der Waals surface area contributed by atoms with Crippen LogP contribution in [0, 0.1) is 0 Å². The highest BCUT2D eigenvalue weighted by Gasteiger charge is 2.21. The quantitative estimate of drug-likeness (QED) is 0.775. The number of nitrogens with one attached hydrogen (secondary N) is 2. The van der Waals surface area contributed by atoms with E-state index >= 15 is 0 Å². The number of benzene rings is 2.